The summed E-state index contributed by atoms with van der Waals surface area (Å²) in [6.45, 7) is 4.93. The minimum Gasteiger partial charge on any atom is -0.454 e. The Labute approximate surface area is 135 Å². The van der Waals surface area contributed by atoms with E-state index < -0.39 is 0 Å². The monoisotopic (exact) mass is 312 g/mol. The lowest BCUT2D eigenvalue weighted by Gasteiger charge is -2.10. The van der Waals surface area contributed by atoms with Crippen LogP contribution in [0.1, 0.15) is 17.5 Å². The molecule has 1 aliphatic heterocycles. The highest BCUT2D eigenvalue weighted by atomic mass is 16.7. The SMILES string of the molecule is Cc1ccc(NCCC(=O)Nc2ccc3c(c2)OCO3)c(C)c1. The van der Waals surface area contributed by atoms with Crippen LogP contribution in [0.3, 0.4) is 0 Å². The van der Waals surface area contributed by atoms with Gasteiger partial charge in [-0.25, -0.2) is 0 Å². The fraction of sp³-hybridized carbons (Fsp3) is 0.278. The first-order chi connectivity index (χ1) is 11.1. The molecule has 0 saturated heterocycles. The second-order valence-electron chi connectivity index (χ2n) is 5.61. The van der Waals surface area contributed by atoms with Crippen molar-refractivity contribution < 1.29 is 14.3 Å². The number of anilines is 2. The van der Waals surface area contributed by atoms with Crippen molar-refractivity contribution in [2.75, 3.05) is 24.0 Å². The number of benzene rings is 2. The second-order valence-corrected chi connectivity index (χ2v) is 5.61. The number of hydrogen-bond acceptors (Lipinski definition) is 4. The molecule has 0 fully saturated rings. The van der Waals surface area contributed by atoms with Gasteiger partial charge in [0.25, 0.3) is 0 Å². The van der Waals surface area contributed by atoms with Crippen LogP contribution in [-0.2, 0) is 4.79 Å². The summed E-state index contributed by atoms with van der Waals surface area (Å²) in [5, 5.41) is 6.16. The number of nitrogens with one attached hydrogen (secondary N) is 2. The first kappa shape index (κ1) is 15.2. The Balaban J connectivity index is 1.50. The molecule has 23 heavy (non-hydrogen) atoms. The minimum atomic E-state index is -0.0406. The largest absolute Gasteiger partial charge is 0.454 e. The number of carbonyl (C=O) groups is 1. The summed E-state index contributed by atoms with van der Waals surface area (Å²) in [6, 6.07) is 11.6. The van der Waals surface area contributed by atoms with Crippen molar-refractivity contribution in [2.24, 2.45) is 0 Å². The van der Waals surface area contributed by atoms with E-state index in [4.69, 9.17) is 9.47 Å². The number of ether oxygens (including phenoxy) is 2. The number of rotatable bonds is 5. The summed E-state index contributed by atoms with van der Waals surface area (Å²) in [7, 11) is 0. The molecule has 2 aromatic carbocycles. The third-order valence-electron chi connectivity index (χ3n) is 3.71. The molecule has 5 nitrogen and oxygen atoms in total. The zero-order valence-electron chi connectivity index (χ0n) is 13.3. The van der Waals surface area contributed by atoms with Crippen molar-refractivity contribution in [3.63, 3.8) is 0 Å². The predicted octanol–water partition coefficient (Wildman–Crippen LogP) is 3.47. The molecule has 1 heterocycles. The maximum Gasteiger partial charge on any atom is 0.231 e. The minimum absolute atomic E-state index is 0.0406. The summed E-state index contributed by atoms with van der Waals surface area (Å²) in [6.07, 6.45) is 0.391. The standard InChI is InChI=1S/C18H20N2O3/c1-12-3-5-15(13(2)9-12)19-8-7-18(21)20-14-4-6-16-17(10-14)23-11-22-16/h3-6,9-10,19H,7-8,11H2,1-2H3,(H,20,21). The molecule has 1 amide bonds. The average Bonchev–Trinajstić information content (AvgIpc) is 2.97. The first-order valence-corrected chi connectivity index (χ1v) is 7.62. The Hall–Kier alpha value is -2.69. The van der Waals surface area contributed by atoms with Crippen LogP contribution in [0.15, 0.2) is 36.4 Å². The number of amides is 1. The Morgan fingerprint density at radius 3 is 2.74 bits per heavy atom. The van der Waals surface area contributed by atoms with Gasteiger partial charge < -0.3 is 20.1 Å². The molecule has 0 atom stereocenters. The molecule has 120 valence electrons. The lowest BCUT2D eigenvalue weighted by molar-refractivity contribution is -0.115. The molecule has 0 bridgehead atoms. The van der Waals surface area contributed by atoms with Crippen molar-refractivity contribution in [1.82, 2.24) is 0 Å². The molecule has 0 aliphatic carbocycles. The van der Waals surface area contributed by atoms with Gasteiger partial charge in [-0.3, -0.25) is 4.79 Å². The van der Waals surface area contributed by atoms with E-state index in [0.29, 0.717) is 30.2 Å². The Bertz CT molecular complexity index is 728. The van der Waals surface area contributed by atoms with Crippen molar-refractivity contribution in [2.45, 2.75) is 20.3 Å². The van der Waals surface area contributed by atoms with Crippen molar-refractivity contribution in [3.05, 3.63) is 47.5 Å². The number of carbonyl (C=O) groups excluding carboxylic acids is 1. The Kier molecular flexibility index (Phi) is 4.37. The topological polar surface area (TPSA) is 59.6 Å². The van der Waals surface area contributed by atoms with Crippen LogP contribution in [0.5, 0.6) is 11.5 Å². The smallest absolute Gasteiger partial charge is 0.231 e. The molecular formula is C18H20N2O3. The van der Waals surface area contributed by atoms with Crippen LogP contribution in [0.4, 0.5) is 11.4 Å². The van der Waals surface area contributed by atoms with Gasteiger partial charge in [0.05, 0.1) is 0 Å². The molecule has 0 saturated carbocycles. The van der Waals surface area contributed by atoms with Crippen molar-refractivity contribution in [3.8, 4) is 11.5 Å². The maximum absolute atomic E-state index is 12.0. The number of aryl methyl sites for hydroxylation is 2. The van der Waals surface area contributed by atoms with E-state index in [0.717, 1.165) is 5.69 Å². The van der Waals surface area contributed by atoms with Crippen LogP contribution in [0.25, 0.3) is 0 Å². The molecule has 2 N–H and O–H groups in total. The van der Waals surface area contributed by atoms with Gasteiger partial charge in [0.15, 0.2) is 11.5 Å². The molecule has 0 radical (unpaired) electrons. The summed E-state index contributed by atoms with van der Waals surface area (Å²) in [5.74, 6) is 1.33. The molecule has 0 aromatic heterocycles. The van der Waals surface area contributed by atoms with Gasteiger partial charge in [-0.2, -0.15) is 0 Å². The Morgan fingerprint density at radius 2 is 1.91 bits per heavy atom. The zero-order chi connectivity index (χ0) is 16.2. The van der Waals surface area contributed by atoms with Crippen molar-refractivity contribution in [1.29, 1.82) is 0 Å². The highest BCUT2D eigenvalue weighted by molar-refractivity contribution is 5.91. The summed E-state index contributed by atoms with van der Waals surface area (Å²) in [4.78, 5) is 12.0. The number of hydrogen-bond donors (Lipinski definition) is 2. The normalized spacial score (nSPS) is 12.1. The Morgan fingerprint density at radius 1 is 1.09 bits per heavy atom. The first-order valence-electron chi connectivity index (χ1n) is 7.62. The summed E-state index contributed by atoms with van der Waals surface area (Å²) < 4.78 is 10.5. The van der Waals surface area contributed by atoms with Gasteiger partial charge >= 0.3 is 0 Å². The molecule has 5 heteroatoms. The molecule has 0 spiro atoms. The predicted molar refractivity (Wildman–Crippen MR) is 90.2 cm³/mol. The van der Waals surface area contributed by atoms with Crippen molar-refractivity contribution >= 4 is 17.3 Å². The van der Waals surface area contributed by atoms with Gasteiger partial charge in [-0.05, 0) is 37.6 Å². The van der Waals surface area contributed by atoms with Crippen LogP contribution in [-0.4, -0.2) is 19.2 Å². The van der Waals surface area contributed by atoms with E-state index in [1.165, 1.54) is 11.1 Å². The van der Waals surface area contributed by atoms with E-state index in [1.54, 1.807) is 12.1 Å². The van der Waals surface area contributed by atoms with E-state index in [-0.39, 0.29) is 12.7 Å². The van der Waals surface area contributed by atoms with Gasteiger partial charge in [0, 0.05) is 30.4 Å². The van der Waals surface area contributed by atoms with Crippen LogP contribution < -0.4 is 20.1 Å². The van der Waals surface area contributed by atoms with Gasteiger partial charge in [0.1, 0.15) is 0 Å². The van der Waals surface area contributed by atoms with Gasteiger partial charge in [-0.1, -0.05) is 17.7 Å². The quantitative estimate of drug-likeness (QED) is 0.887. The molecule has 2 aromatic rings. The third kappa shape index (κ3) is 3.74. The van der Waals surface area contributed by atoms with E-state index in [2.05, 4.69) is 36.6 Å². The van der Waals surface area contributed by atoms with Gasteiger partial charge in [0.2, 0.25) is 12.7 Å². The zero-order valence-corrected chi connectivity index (χ0v) is 13.3. The van der Waals surface area contributed by atoms with E-state index in [1.807, 2.05) is 12.1 Å². The highest BCUT2D eigenvalue weighted by Crippen LogP contribution is 2.34. The lowest BCUT2D eigenvalue weighted by atomic mass is 10.1. The fourth-order valence-corrected chi connectivity index (χ4v) is 2.52. The average molecular weight is 312 g/mol. The summed E-state index contributed by atoms with van der Waals surface area (Å²) >= 11 is 0. The fourth-order valence-electron chi connectivity index (χ4n) is 2.52. The second kappa shape index (κ2) is 6.60. The molecule has 1 aliphatic rings. The molecular weight excluding hydrogens is 292 g/mol. The van der Waals surface area contributed by atoms with Gasteiger partial charge in [-0.15, -0.1) is 0 Å². The number of fused-ring (bicyclic) bond motifs is 1. The molecule has 0 unspecified atom stereocenters. The maximum atomic E-state index is 12.0. The summed E-state index contributed by atoms with van der Waals surface area (Å²) in [5.41, 5.74) is 4.19. The third-order valence-corrected chi connectivity index (χ3v) is 3.71. The van der Waals surface area contributed by atoms with Crippen LogP contribution in [0.2, 0.25) is 0 Å². The van der Waals surface area contributed by atoms with Crippen LogP contribution >= 0.6 is 0 Å². The van der Waals surface area contributed by atoms with Crippen LogP contribution in [0, 0.1) is 13.8 Å². The molecule has 3 rings (SSSR count). The van der Waals surface area contributed by atoms with E-state index >= 15 is 0 Å². The van der Waals surface area contributed by atoms with E-state index in [9.17, 15) is 4.79 Å². The lowest BCUT2D eigenvalue weighted by Crippen LogP contribution is -2.16. The highest BCUT2D eigenvalue weighted by Gasteiger charge is 2.14.